The Bertz CT molecular complexity index is 332. The SMILES string of the molecule is C#CCC(C)Nc1ncncc1OC. The smallest absolute Gasteiger partial charge is 0.179 e. The highest BCUT2D eigenvalue weighted by molar-refractivity contribution is 5.48. The molecule has 4 heteroatoms. The zero-order valence-electron chi connectivity index (χ0n) is 8.32. The average Bonchev–Trinajstić information content (AvgIpc) is 2.19. The van der Waals surface area contributed by atoms with E-state index in [2.05, 4.69) is 21.2 Å². The van der Waals surface area contributed by atoms with Crippen LogP contribution in [0.5, 0.6) is 5.75 Å². The second-order valence-electron chi connectivity index (χ2n) is 2.89. The van der Waals surface area contributed by atoms with Crippen LogP contribution in [0, 0.1) is 12.3 Å². The maximum Gasteiger partial charge on any atom is 0.179 e. The fourth-order valence-corrected chi connectivity index (χ4v) is 1.04. The van der Waals surface area contributed by atoms with Gasteiger partial charge in [-0.25, -0.2) is 9.97 Å². The molecule has 0 aliphatic rings. The molecule has 1 N–H and O–H groups in total. The fourth-order valence-electron chi connectivity index (χ4n) is 1.04. The Kier molecular flexibility index (Phi) is 3.74. The van der Waals surface area contributed by atoms with E-state index in [1.807, 2.05) is 6.92 Å². The van der Waals surface area contributed by atoms with Crippen molar-refractivity contribution in [1.29, 1.82) is 0 Å². The summed E-state index contributed by atoms with van der Waals surface area (Å²) in [6.07, 6.45) is 8.92. The van der Waals surface area contributed by atoms with E-state index in [9.17, 15) is 0 Å². The molecule has 1 unspecified atom stereocenters. The number of methoxy groups -OCH3 is 1. The molecule has 0 aliphatic heterocycles. The van der Waals surface area contributed by atoms with Crippen LogP contribution >= 0.6 is 0 Å². The molecule has 1 rings (SSSR count). The van der Waals surface area contributed by atoms with Gasteiger partial charge in [0, 0.05) is 12.5 Å². The fraction of sp³-hybridized carbons (Fsp3) is 0.400. The van der Waals surface area contributed by atoms with Crippen molar-refractivity contribution in [2.75, 3.05) is 12.4 Å². The van der Waals surface area contributed by atoms with Crippen LogP contribution in [-0.2, 0) is 0 Å². The predicted octanol–water partition coefficient (Wildman–Crippen LogP) is 1.31. The van der Waals surface area contributed by atoms with Gasteiger partial charge in [-0.05, 0) is 6.92 Å². The zero-order valence-corrected chi connectivity index (χ0v) is 8.32. The third-order valence-corrected chi connectivity index (χ3v) is 1.71. The van der Waals surface area contributed by atoms with Crippen LogP contribution < -0.4 is 10.1 Å². The standard InChI is InChI=1S/C10H13N3O/c1-4-5-8(2)13-10-9(14-3)6-11-7-12-10/h1,6-8H,5H2,2-3H3,(H,11,12,13). The first kappa shape index (κ1) is 10.3. The van der Waals surface area contributed by atoms with Crippen LogP contribution in [0.4, 0.5) is 5.82 Å². The second kappa shape index (κ2) is 5.07. The van der Waals surface area contributed by atoms with Gasteiger partial charge in [-0.1, -0.05) is 0 Å². The van der Waals surface area contributed by atoms with Crippen LogP contribution in [0.1, 0.15) is 13.3 Å². The van der Waals surface area contributed by atoms with Gasteiger partial charge < -0.3 is 10.1 Å². The van der Waals surface area contributed by atoms with E-state index in [0.717, 1.165) is 0 Å². The van der Waals surface area contributed by atoms with Gasteiger partial charge in [0.15, 0.2) is 11.6 Å². The highest BCUT2D eigenvalue weighted by Crippen LogP contribution is 2.19. The molecule has 0 aliphatic carbocycles. The molecular weight excluding hydrogens is 178 g/mol. The molecule has 4 nitrogen and oxygen atoms in total. The Morgan fingerprint density at radius 2 is 2.50 bits per heavy atom. The topological polar surface area (TPSA) is 47.0 Å². The number of nitrogens with one attached hydrogen (secondary N) is 1. The first-order chi connectivity index (χ1) is 6.77. The quantitative estimate of drug-likeness (QED) is 0.729. The molecule has 74 valence electrons. The zero-order chi connectivity index (χ0) is 10.4. The van der Waals surface area contributed by atoms with E-state index in [1.165, 1.54) is 6.33 Å². The minimum Gasteiger partial charge on any atom is -0.491 e. The van der Waals surface area contributed by atoms with Crippen molar-refractivity contribution in [1.82, 2.24) is 9.97 Å². The molecule has 0 saturated heterocycles. The van der Waals surface area contributed by atoms with E-state index in [0.29, 0.717) is 18.0 Å². The molecule has 0 aromatic carbocycles. The Morgan fingerprint density at radius 3 is 3.14 bits per heavy atom. The van der Waals surface area contributed by atoms with Crippen molar-refractivity contribution >= 4 is 5.82 Å². The number of nitrogens with zero attached hydrogens (tertiary/aromatic N) is 2. The van der Waals surface area contributed by atoms with Crippen LogP contribution in [-0.4, -0.2) is 23.1 Å². The number of hydrogen-bond donors (Lipinski definition) is 1. The summed E-state index contributed by atoms with van der Waals surface area (Å²) < 4.78 is 5.09. The Morgan fingerprint density at radius 1 is 1.71 bits per heavy atom. The maximum absolute atomic E-state index is 5.20. The Hall–Kier alpha value is -1.76. The van der Waals surface area contributed by atoms with Gasteiger partial charge in [-0.2, -0.15) is 0 Å². The summed E-state index contributed by atoms with van der Waals surface area (Å²) in [6.45, 7) is 1.99. The number of rotatable bonds is 4. The molecule has 1 aromatic rings. The third kappa shape index (κ3) is 2.63. The second-order valence-corrected chi connectivity index (χ2v) is 2.89. The summed E-state index contributed by atoms with van der Waals surface area (Å²) >= 11 is 0. The van der Waals surface area contributed by atoms with Crippen molar-refractivity contribution in [3.63, 3.8) is 0 Å². The van der Waals surface area contributed by atoms with E-state index in [4.69, 9.17) is 11.2 Å². The van der Waals surface area contributed by atoms with Crippen LogP contribution in [0.25, 0.3) is 0 Å². The van der Waals surface area contributed by atoms with E-state index < -0.39 is 0 Å². The number of ether oxygens (including phenoxy) is 1. The predicted molar refractivity (Wildman–Crippen MR) is 55.1 cm³/mol. The van der Waals surface area contributed by atoms with Gasteiger partial charge in [-0.3, -0.25) is 0 Å². The molecule has 1 atom stereocenters. The molecule has 0 radical (unpaired) electrons. The van der Waals surface area contributed by atoms with Crippen LogP contribution in [0.2, 0.25) is 0 Å². The van der Waals surface area contributed by atoms with Gasteiger partial charge in [0.1, 0.15) is 6.33 Å². The summed E-state index contributed by atoms with van der Waals surface area (Å²) in [6, 6.07) is 0.170. The van der Waals surface area contributed by atoms with Gasteiger partial charge in [0.05, 0.1) is 13.3 Å². The molecule has 1 aromatic heterocycles. The van der Waals surface area contributed by atoms with E-state index >= 15 is 0 Å². The molecule has 0 saturated carbocycles. The number of anilines is 1. The molecule has 14 heavy (non-hydrogen) atoms. The lowest BCUT2D eigenvalue weighted by molar-refractivity contribution is 0.412. The van der Waals surface area contributed by atoms with Crippen molar-refractivity contribution in [3.8, 4) is 18.1 Å². The molecule has 0 amide bonds. The molecule has 1 heterocycles. The Balaban J connectivity index is 2.71. The largest absolute Gasteiger partial charge is 0.491 e. The van der Waals surface area contributed by atoms with Crippen molar-refractivity contribution in [2.24, 2.45) is 0 Å². The summed E-state index contributed by atoms with van der Waals surface area (Å²) in [4.78, 5) is 7.91. The normalized spacial score (nSPS) is 11.5. The minimum absolute atomic E-state index is 0.170. The highest BCUT2D eigenvalue weighted by Gasteiger charge is 2.06. The van der Waals surface area contributed by atoms with Gasteiger partial charge in [-0.15, -0.1) is 12.3 Å². The summed E-state index contributed by atoms with van der Waals surface area (Å²) in [5.41, 5.74) is 0. The molecule has 0 bridgehead atoms. The van der Waals surface area contributed by atoms with Crippen LogP contribution in [0.3, 0.4) is 0 Å². The number of hydrogen-bond acceptors (Lipinski definition) is 4. The monoisotopic (exact) mass is 191 g/mol. The van der Waals surface area contributed by atoms with Gasteiger partial charge >= 0.3 is 0 Å². The number of terminal acetylenes is 1. The molecule has 0 fully saturated rings. The Labute approximate surface area is 83.7 Å². The molecule has 0 spiro atoms. The average molecular weight is 191 g/mol. The van der Waals surface area contributed by atoms with Crippen molar-refractivity contribution in [2.45, 2.75) is 19.4 Å². The number of aromatic nitrogens is 2. The minimum atomic E-state index is 0.170. The first-order valence-corrected chi connectivity index (χ1v) is 4.32. The highest BCUT2D eigenvalue weighted by atomic mass is 16.5. The lowest BCUT2D eigenvalue weighted by Gasteiger charge is -2.13. The lowest BCUT2D eigenvalue weighted by atomic mass is 10.2. The van der Waals surface area contributed by atoms with Crippen LogP contribution in [0.15, 0.2) is 12.5 Å². The van der Waals surface area contributed by atoms with Gasteiger partial charge in [0.2, 0.25) is 0 Å². The van der Waals surface area contributed by atoms with Crippen molar-refractivity contribution in [3.05, 3.63) is 12.5 Å². The van der Waals surface area contributed by atoms with Gasteiger partial charge in [0.25, 0.3) is 0 Å². The van der Waals surface area contributed by atoms with Crippen molar-refractivity contribution < 1.29 is 4.74 Å². The summed E-state index contributed by atoms with van der Waals surface area (Å²) in [5.74, 6) is 3.87. The third-order valence-electron chi connectivity index (χ3n) is 1.71. The lowest BCUT2D eigenvalue weighted by Crippen LogP contribution is -2.15. The van der Waals surface area contributed by atoms with E-state index in [1.54, 1.807) is 13.3 Å². The molecular formula is C10H13N3O. The summed E-state index contributed by atoms with van der Waals surface area (Å²) in [7, 11) is 1.58. The first-order valence-electron chi connectivity index (χ1n) is 4.32. The maximum atomic E-state index is 5.20. The van der Waals surface area contributed by atoms with E-state index in [-0.39, 0.29) is 6.04 Å². The summed E-state index contributed by atoms with van der Waals surface area (Å²) in [5, 5.41) is 3.14.